The van der Waals surface area contributed by atoms with Crippen LogP contribution in [-0.4, -0.2) is 15.0 Å². The highest BCUT2D eigenvalue weighted by Gasteiger charge is 2.02. The van der Waals surface area contributed by atoms with E-state index in [1.807, 2.05) is 34.6 Å². The highest BCUT2D eigenvalue weighted by Crippen LogP contribution is 2.10. The molecule has 0 amide bonds. The number of hydrogen-bond donors (Lipinski definition) is 0. The van der Waals surface area contributed by atoms with Gasteiger partial charge in [0, 0.05) is 6.92 Å². The molecule has 0 unspecified atom stereocenters. The van der Waals surface area contributed by atoms with E-state index < -0.39 is 0 Å². The molecule has 2 aromatic rings. The lowest BCUT2D eigenvalue weighted by Gasteiger charge is -1.86. The van der Waals surface area contributed by atoms with Gasteiger partial charge < -0.3 is 4.42 Å². The summed E-state index contributed by atoms with van der Waals surface area (Å²) in [5, 5.41) is 0. The minimum absolute atomic E-state index is 0.565. The van der Waals surface area contributed by atoms with Crippen LogP contribution < -0.4 is 0 Å². The molecular formula is C11H19N3O. The van der Waals surface area contributed by atoms with Crippen LogP contribution in [0.4, 0.5) is 0 Å². The molecule has 0 N–H and O–H groups in total. The van der Waals surface area contributed by atoms with E-state index in [1.165, 1.54) is 0 Å². The van der Waals surface area contributed by atoms with Crippen molar-refractivity contribution in [2.24, 2.45) is 0 Å². The minimum Gasteiger partial charge on any atom is -0.422 e. The highest BCUT2D eigenvalue weighted by molar-refractivity contribution is 5.66. The third-order valence-electron chi connectivity index (χ3n) is 1.38. The Kier molecular flexibility index (Phi) is 6.25. The predicted molar refractivity (Wildman–Crippen MR) is 61.8 cm³/mol. The van der Waals surface area contributed by atoms with Crippen LogP contribution in [0.15, 0.2) is 10.6 Å². The van der Waals surface area contributed by atoms with Crippen molar-refractivity contribution in [1.82, 2.24) is 15.0 Å². The van der Waals surface area contributed by atoms with E-state index in [-0.39, 0.29) is 0 Å². The van der Waals surface area contributed by atoms with Crippen LogP contribution in [0.1, 0.15) is 39.4 Å². The molecule has 0 spiro atoms. The largest absolute Gasteiger partial charge is 0.422 e. The zero-order chi connectivity index (χ0) is 11.8. The first-order valence-electron chi connectivity index (χ1n) is 5.32. The summed E-state index contributed by atoms with van der Waals surface area (Å²) in [6.45, 7) is 11.6. The van der Waals surface area contributed by atoms with Crippen molar-refractivity contribution in [3.63, 3.8) is 0 Å². The van der Waals surface area contributed by atoms with E-state index in [0.29, 0.717) is 22.9 Å². The van der Waals surface area contributed by atoms with E-state index in [1.54, 1.807) is 13.1 Å². The Labute approximate surface area is 90.8 Å². The Morgan fingerprint density at radius 3 is 2.20 bits per heavy atom. The second-order valence-electron chi connectivity index (χ2n) is 2.34. The van der Waals surface area contributed by atoms with Gasteiger partial charge in [-0.05, 0) is 6.92 Å². The number of nitrogens with zero attached hydrogens (tertiary/aromatic N) is 3. The predicted octanol–water partition coefficient (Wildman–Crippen LogP) is 3.29. The third kappa shape index (κ3) is 3.65. The molecule has 0 aliphatic carbocycles. The van der Waals surface area contributed by atoms with Gasteiger partial charge in [-0.15, -0.1) is 0 Å². The summed E-state index contributed by atoms with van der Waals surface area (Å²) in [6.07, 6.45) is 1.66. The number of aryl methyl sites for hydroxylation is 2. The second-order valence-corrected chi connectivity index (χ2v) is 2.34. The molecule has 0 aliphatic rings. The van der Waals surface area contributed by atoms with Crippen LogP contribution in [0.2, 0.25) is 0 Å². The van der Waals surface area contributed by atoms with Crippen molar-refractivity contribution in [2.75, 3.05) is 0 Å². The molecule has 2 aromatic heterocycles. The summed E-state index contributed by atoms with van der Waals surface area (Å²) in [5.41, 5.74) is 1.28. The molecule has 4 heteroatoms. The van der Waals surface area contributed by atoms with Crippen LogP contribution in [0.25, 0.3) is 11.2 Å². The Hall–Kier alpha value is -1.45. The van der Waals surface area contributed by atoms with Crippen molar-refractivity contribution in [3.05, 3.63) is 17.9 Å². The lowest BCUT2D eigenvalue weighted by molar-refractivity contribution is 0.550. The monoisotopic (exact) mass is 209 g/mol. The molecule has 2 rings (SSSR count). The lowest BCUT2D eigenvalue weighted by Crippen LogP contribution is -1.84. The average molecular weight is 209 g/mol. The molecule has 84 valence electrons. The molecule has 0 aliphatic heterocycles. The SMILES string of the molecule is CC.CC.Cc1ncc2nc(C)oc2n1. The van der Waals surface area contributed by atoms with E-state index >= 15 is 0 Å². The van der Waals surface area contributed by atoms with E-state index in [9.17, 15) is 0 Å². The van der Waals surface area contributed by atoms with Gasteiger partial charge >= 0.3 is 0 Å². The fourth-order valence-corrected chi connectivity index (χ4v) is 0.927. The van der Waals surface area contributed by atoms with Gasteiger partial charge in [-0.3, -0.25) is 0 Å². The van der Waals surface area contributed by atoms with Gasteiger partial charge in [0.1, 0.15) is 11.3 Å². The zero-order valence-electron chi connectivity index (χ0n) is 10.3. The minimum atomic E-state index is 0.565. The Balaban J connectivity index is 0.000000442. The maximum atomic E-state index is 5.19. The molecule has 0 fully saturated rings. The molecule has 0 saturated carbocycles. The Morgan fingerprint density at radius 1 is 1.00 bits per heavy atom. The van der Waals surface area contributed by atoms with Crippen molar-refractivity contribution in [1.29, 1.82) is 0 Å². The number of rotatable bonds is 0. The van der Waals surface area contributed by atoms with E-state index in [2.05, 4.69) is 15.0 Å². The summed E-state index contributed by atoms with van der Waals surface area (Å²) >= 11 is 0. The van der Waals surface area contributed by atoms with Crippen LogP contribution in [-0.2, 0) is 0 Å². The Morgan fingerprint density at radius 2 is 1.60 bits per heavy atom. The van der Waals surface area contributed by atoms with Gasteiger partial charge in [-0.2, -0.15) is 4.98 Å². The van der Waals surface area contributed by atoms with Crippen LogP contribution in [0.5, 0.6) is 0 Å². The molecule has 0 aromatic carbocycles. The van der Waals surface area contributed by atoms with Gasteiger partial charge in [0.05, 0.1) is 6.20 Å². The van der Waals surface area contributed by atoms with Crippen molar-refractivity contribution in [3.8, 4) is 0 Å². The molecule has 4 nitrogen and oxygen atoms in total. The number of fused-ring (bicyclic) bond motifs is 1. The zero-order valence-corrected chi connectivity index (χ0v) is 10.3. The van der Waals surface area contributed by atoms with Gasteiger partial charge in [-0.25, -0.2) is 9.97 Å². The second kappa shape index (κ2) is 6.92. The van der Waals surface area contributed by atoms with Gasteiger partial charge in [0.25, 0.3) is 0 Å². The standard InChI is InChI=1S/C7H7N3O.2C2H6/c1-4-8-3-6-7(9-4)11-5(2)10-6;2*1-2/h3H,1-2H3;2*1-2H3. The quantitative estimate of drug-likeness (QED) is 0.668. The smallest absolute Gasteiger partial charge is 0.250 e. The molecule has 15 heavy (non-hydrogen) atoms. The topological polar surface area (TPSA) is 51.8 Å². The summed E-state index contributed by atoms with van der Waals surface area (Å²) in [7, 11) is 0. The summed E-state index contributed by atoms with van der Waals surface area (Å²) < 4.78 is 5.19. The van der Waals surface area contributed by atoms with Crippen molar-refractivity contribution < 1.29 is 4.42 Å². The maximum absolute atomic E-state index is 5.19. The van der Waals surface area contributed by atoms with E-state index in [4.69, 9.17) is 4.42 Å². The summed E-state index contributed by atoms with van der Waals surface area (Å²) in [4.78, 5) is 12.1. The van der Waals surface area contributed by atoms with Crippen molar-refractivity contribution >= 4 is 11.2 Å². The normalized spacial score (nSPS) is 8.67. The molecule has 2 heterocycles. The fourth-order valence-electron chi connectivity index (χ4n) is 0.927. The third-order valence-corrected chi connectivity index (χ3v) is 1.38. The van der Waals surface area contributed by atoms with Gasteiger partial charge in [-0.1, -0.05) is 27.7 Å². The molecular weight excluding hydrogens is 190 g/mol. The molecule has 0 saturated heterocycles. The lowest BCUT2D eigenvalue weighted by atomic mass is 10.5. The first-order chi connectivity index (χ1) is 7.25. The average Bonchev–Trinajstić information content (AvgIpc) is 2.63. The summed E-state index contributed by atoms with van der Waals surface area (Å²) in [6, 6.07) is 0. The fraction of sp³-hybridized carbons (Fsp3) is 0.545. The first-order valence-corrected chi connectivity index (χ1v) is 5.32. The van der Waals surface area contributed by atoms with Crippen LogP contribution in [0.3, 0.4) is 0 Å². The number of oxazole rings is 1. The van der Waals surface area contributed by atoms with E-state index in [0.717, 1.165) is 0 Å². The van der Waals surface area contributed by atoms with Crippen LogP contribution >= 0.6 is 0 Å². The van der Waals surface area contributed by atoms with Crippen molar-refractivity contribution in [2.45, 2.75) is 41.5 Å². The maximum Gasteiger partial charge on any atom is 0.250 e. The number of aromatic nitrogens is 3. The number of hydrogen-bond acceptors (Lipinski definition) is 4. The first kappa shape index (κ1) is 13.5. The van der Waals surface area contributed by atoms with Crippen LogP contribution in [0, 0.1) is 13.8 Å². The summed E-state index contributed by atoms with van der Waals surface area (Å²) in [5.74, 6) is 1.33. The van der Waals surface area contributed by atoms with Gasteiger partial charge in [0.15, 0.2) is 5.89 Å². The molecule has 0 bridgehead atoms. The van der Waals surface area contributed by atoms with Gasteiger partial charge in [0.2, 0.25) is 5.71 Å². The Bertz CT molecular complexity index is 396. The molecule has 0 radical (unpaired) electrons. The highest BCUT2D eigenvalue weighted by atomic mass is 16.4. The molecule has 0 atom stereocenters.